The van der Waals surface area contributed by atoms with Gasteiger partial charge < -0.3 is 10.6 Å². The van der Waals surface area contributed by atoms with E-state index in [-0.39, 0.29) is 46.5 Å². The molecular weight excluding hydrogens is 223 g/mol. The average molecular weight is 237 g/mol. The van der Waals surface area contributed by atoms with Crippen molar-refractivity contribution in [3.05, 3.63) is 0 Å². The Morgan fingerprint density at radius 3 is 2.00 bits per heavy atom. The third-order valence-corrected chi connectivity index (χ3v) is 2.81. The van der Waals surface area contributed by atoms with Gasteiger partial charge in [0, 0.05) is 29.6 Å². The van der Waals surface area contributed by atoms with Crippen molar-refractivity contribution in [2.75, 3.05) is 0 Å². The monoisotopic (exact) mass is 237 g/mol. The first-order valence-corrected chi connectivity index (χ1v) is 5.14. The Kier molecular flexibility index (Phi) is 5.95. The molecule has 0 aliphatic carbocycles. The van der Waals surface area contributed by atoms with Crippen LogP contribution in [-0.4, -0.2) is 46.5 Å². The van der Waals surface area contributed by atoms with Gasteiger partial charge in [0.2, 0.25) is 11.8 Å². The molecule has 1 radical (unpaired) electrons. The number of carbonyl (C=O) groups is 2. The van der Waals surface area contributed by atoms with E-state index in [9.17, 15) is 9.59 Å². The van der Waals surface area contributed by atoms with Gasteiger partial charge in [0.15, 0.2) is 5.11 Å². The molecule has 1 aliphatic rings. The minimum Gasteiger partial charge on any atom is -0.302 e. The Morgan fingerprint density at radius 2 is 1.67 bits per heavy atom. The first kappa shape index (κ1) is 15.0. The number of amides is 2. The fourth-order valence-electron chi connectivity index (χ4n) is 1.73. The molecule has 1 heterocycles. The summed E-state index contributed by atoms with van der Waals surface area (Å²) >= 11 is 4.73. The summed E-state index contributed by atoms with van der Waals surface area (Å²) in [7, 11) is 0. The summed E-state index contributed by atoms with van der Waals surface area (Å²) in [6.45, 7) is 3.79. The summed E-state index contributed by atoms with van der Waals surface area (Å²) in [5.74, 6) is -0.536. The second-order valence-corrected chi connectivity index (χ2v) is 3.83. The molecule has 1 fully saturated rings. The Labute approximate surface area is 117 Å². The van der Waals surface area contributed by atoms with Gasteiger partial charge in [0.1, 0.15) is 5.41 Å². The quantitative estimate of drug-likeness (QED) is 0.422. The van der Waals surface area contributed by atoms with Crippen LogP contribution in [0.25, 0.3) is 0 Å². The maximum atomic E-state index is 11.7. The van der Waals surface area contributed by atoms with Crippen molar-refractivity contribution >= 4 is 58.7 Å². The van der Waals surface area contributed by atoms with Gasteiger partial charge in [-0.15, -0.1) is 0 Å². The van der Waals surface area contributed by atoms with Crippen molar-refractivity contribution in [2.24, 2.45) is 5.41 Å². The summed E-state index contributed by atoms with van der Waals surface area (Å²) < 4.78 is 0. The first-order valence-electron chi connectivity index (χ1n) is 4.73. The van der Waals surface area contributed by atoms with E-state index in [1.54, 1.807) is 0 Å². The average Bonchev–Trinajstić information content (AvgIpc) is 2.11. The van der Waals surface area contributed by atoms with Crippen LogP contribution in [0.5, 0.6) is 0 Å². The zero-order valence-corrected chi connectivity index (χ0v) is 12.2. The summed E-state index contributed by atoms with van der Waals surface area (Å²) in [5.41, 5.74) is -0.920. The second-order valence-electron chi connectivity index (χ2n) is 3.42. The topological polar surface area (TPSA) is 58.2 Å². The first-order chi connectivity index (χ1) is 6.56. The Hall–Kier alpha value is 0.0300. The SMILES string of the molecule is CCCC1(CC)C(=O)NC(=S)NC1=O.[Na]. The van der Waals surface area contributed by atoms with Gasteiger partial charge >= 0.3 is 0 Å². The molecule has 0 atom stereocenters. The predicted molar refractivity (Wildman–Crippen MR) is 62.3 cm³/mol. The van der Waals surface area contributed by atoms with E-state index in [0.29, 0.717) is 12.8 Å². The fraction of sp³-hybridized carbons (Fsp3) is 0.667. The smallest absolute Gasteiger partial charge is 0.241 e. The zero-order chi connectivity index (χ0) is 10.8. The normalized spacial score (nSPS) is 18.9. The van der Waals surface area contributed by atoms with Gasteiger partial charge in [0.05, 0.1) is 0 Å². The van der Waals surface area contributed by atoms with Crippen LogP contribution in [0.3, 0.4) is 0 Å². The van der Waals surface area contributed by atoms with Gasteiger partial charge in [0.25, 0.3) is 0 Å². The van der Waals surface area contributed by atoms with Crippen molar-refractivity contribution in [2.45, 2.75) is 33.1 Å². The molecule has 0 bridgehead atoms. The second kappa shape index (κ2) is 5.94. The molecule has 0 saturated carbocycles. The van der Waals surface area contributed by atoms with Crippen molar-refractivity contribution < 1.29 is 9.59 Å². The van der Waals surface area contributed by atoms with Crippen LogP contribution < -0.4 is 10.6 Å². The summed E-state index contributed by atoms with van der Waals surface area (Å²) in [6.07, 6.45) is 1.85. The van der Waals surface area contributed by atoms with E-state index in [4.69, 9.17) is 12.2 Å². The molecule has 0 aromatic carbocycles. The number of hydrogen-bond donors (Lipinski definition) is 2. The predicted octanol–water partition coefficient (Wildman–Crippen LogP) is 0.333. The molecule has 0 aromatic heterocycles. The number of hydrogen-bond acceptors (Lipinski definition) is 3. The van der Waals surface area contributed by atoms with Gasteiger partial charge in [-0.2, -0.15) is 0 Å². The largest absolute Gasteiger partial charge is 0.302 e. The van der Waals surface area contributed by atoms with E-state index in [1.807, 2.05) is 13.8 Å². The van der Waals surface area contributed by atoms with E-state index in [0.717, 1.165) is 6.42 Å². The molecule has 1 rings (SSSR count). The minimum atomic E-state index is -0.920. The maximum absolute atomic E-state index is 11.7. The Morgan fingerprint density at radius 1 is 1.20 bits per heavy atom. The van der Waals surface area contributed by atoms with Crippen LogP contribution in [0.2, 0.25) is 0 Å². The molecule has 4 nitrogen and oxygen atoms in total. The standard InChI is InChI=1S/C9H14N2O2S.Na/c1-3-5-9(4-2)6(12)10-8(14)11-7(9)13;/h3-5H2,1-2H3,(H2,10,11,12,13,14);. The molecule has 2 amide bonds. The molecule has 6 heteroatoms. The van der Waals surface area contributed by atoms with E-state index in [2.05, 4.69) is 10.6 Å². The van der Waals surface area contributed by atoms with E-state index < -0.39 is 5.41 Å². The summed E-state index contributed by atoms with van der Waals surface area (Å²) in [4.78, 5) is 23.4. The zero-order valence-electron chi connectivity index (χ0n) is 9.35. The molecule has 0 unspecified atom stereocenters. The molecule has 0 spiro atoms. The molecule has 79 valence electrons. The minimum absolute atomic E-state index is 0. The van der Waals surface area contributed by atoms with Crippen LogP contribution in [0.4, 0.5) is 0 Å². The molecule has 1 saturated heterocycles. The van der Waals surface area contributed by atoms with Gasteiger partial charge in [-0.25, -0.2) is 0 Å². The Bertz CT molecular complexity index is 274. The van der Waals surface area contributed by atoms with Crippen molar-refractivity contribution in [1.29, 1.82) is 0 Å². The Balaban J connectivity index is 0.00000196. The molecule has 2 N–H and O–H groups in total. The third-order valence-electron chi connectivity index (χ3n) is 2.60. The van der Waals surface area contributed by atoms with Crippen LogP contribution in [-0.2, 0) is 9.59 Å². The molecule has 0 aromatic rings. The third kappa shape index (κ3) is 2.78. The van der Waals surface area contributed by atoms with Gasteiger partial charge in [-0.3, -0.25) is 9.59 Å². The number of nitrogens with one attached hydrogen (secondary N) is 2. The van der Waals surface area contributed by atoms with Crippen molar-refractivity contribution in [3.63, 3.8) is 0 Å². The van der Waals surface area contributed by atoms with Crippen molar-refractivity contribution in [3.8, 4) is 0 Å². The van der Waals surface area contributed by atoms with Crippen LogP contribution >= 0.6 is 12.2 Å². The summed E-state index contributed by atoms with van der Waals surface area (Å²) in [6, 6.07) is 0. The summed E-state index contributed by atoms with van der Waals surface area (Å²) in [5, 5.41) is 5.11. The van der Waals surface area contributed by atoms with Crippen LogP contribution in [0, 0.1) is 5.41 Å². The molecule has 15 heavy (non-hydrogen) atoms. The van der Waals surface area contributed by atoms with Gasteiger partial charge in [-0.05, 0) is 25.1 Å². The number of carbonyl (C=O) groups excluding carboxylic acids is 2. The number of rotatable bonds is 3. The van der Waals surface area contributed by atoms with Crippen molar-refractivity contribution in [1.82, 2.24) is 10.6 Å². The maximum Gasteiger partial charge on any atom is 0.241 e. The molecule has 1 aliphatic heterocycles. The van der Waals surface area contributed by atoms with Crippen LogP contribution in [0.1, 0.15) is 33.1 Å². The fourth-order valence-corrected chi connectivity index (χ4v) is 1.92. The van der Waals surface area contributed by atoms with E-state index in [1.165, 1.54) is 0 Å². The van der Waals surface area contributed by atoms with Gasteiger partial charge in [-0.1, -0.05) is 20.3 Å². The van der Waals surface area contributed by atoms with E-state index >= 15 is 0 Å². The van der Waals surface area contributed by atoms with Crippen LogP contribution in [0.15, 0.2) is 0 Å². The molecular formula is C9H14N2NaO2S. The number of thiocarbonyl (C=S) groups is 1.